The topological polar surface area (TPSA) is 102 Å². The predicted molar refractivity (Wildman–Crippen MR) is 109 cm³/mol. The van der Waals surface area contributed by atoms with Crippen LogP contribution in [0.4, 0.5) is 11.4 Å². The fourth-order valence-electron chi connectivity index (χ4n) is 2.65. The Labute approximate surface area is 167 Å². The zero-order chi connectivity index (χ0) is 20.3. The molecule has 1 aliphatic rings. The predicted octanol–water partition coefficient (Wildman–Crippen LogP) is 2.93. The Kier molecular flexibility index (Phi) is 5.95. The molecule has 0 saturated heterocycles. The highest BCUT2D eigenvalue weighted by atomic mass is 32.2. The second-order valence-corrected chi connectivity index (χ2v) is 9.75. The number of ether oxygens (including phenoxy) is 1. The largest absolute Gasteiger partial charge is 0.497 e. The van der Waals surface area contributed by atoms with Gasteiger partial charge >= 0.3 is 0 Å². The van der Waals surface area contributed by atoms with E-state index in [1.807, 2.05) is 0 Å². The van der Waals surface area contributed by atoms with E-state index in [0.29, 0.717) is 17.1 Å². The highest BCUT2D eigenvalue weighted by molar-refractivity contribution is 8.01. The molecule has 3 rings (SSSR count). The van der Waals surface area contributed by atoms with E-state index in [-0.39, 0.29) is 28.2 Å². The van der Waals surface area contributed by atoms with Crippen molar-refractivity contribution >= 4 is 44.8 Å². The maximum absolute atomic E-state index is 12.6. The van der Waals surface area contributed by atoms with E-state index in [1.54, 1.807) is 37.3 Å². The molecule has 2 aromatic carbocycles. The molecule has 0 aliphatic carbocycles. The number of nitrogens with one attached hydrogen (secondary N) is 2. The molecule has 28 heavy (non-hydrogen) atoms. The molecular formula is C19H20N2O5S2. The molecule has 9 heteroatoms. The molecule has 0 saturated carbocycles. The third kappa shape index (κ3) is 4.66. The summed E-state index contributed by atoms with van der Waals surface area (Å²) in [5.41, 5.74) is 1.01. The number of fused-ring (bicyclic) bond motifs is 1. The smallest absolute Gasteiger partial charge is 0.237 e. The van der Waals surface area contributed by atoms with Crippen LogP contribution in [0.5, 0.6) is 5.75 Å². The summed E-state index contributed by atoms with van der Waals surface area (Å²) in [7, 11) is -2.15. The van der Waals surface area contributed by atoms with Crippen LogP contribution < -0.4 is 15.4 Å². The molecule has 2 amide bonds. The summed E-state index contributed by atoms with van der Waals surface area (Å²) < 4.78 is 30.3. The first-order valence-corrected chi connectivity index (χ1v) is 11.1. The zero-order valence-corrected chi connectivity index (χ0v) is 17.0. The zero-order valence-electron chi connectivity index (χ0n) is 15.4. The molecule has 0 radical (unpaired) electrons. The number of methoxy groups -OCH3 is 1. The van der Waals surface area contributed by atoms with Crippen molar-refractivity contribution in [2.24, 2.45) is 0 Å². The number of sulfone groups is 1. The van der Waals surface area contributed by atoms with Crippen LogP contribution in [0.1, 0.15) is 13.3 Å². The molecule has 0 spiro atoms. The minimum Gasteiger partial charge on any atom is -0.497 e. The van der Waals surface area contributed by atoms with Gasteiger partial charge < -0.3 is 15.4 Å². The Hall–Kier alpha value is -2.52. The average Bonchev–Trinajstić information content (AvgIpc) is 2.67. The number of carbonyl (C=O) groups is 2. The van der Waals surface area contributed by atoms with E-state index in [2.05, 4.69) is 10.6 Å². The maximum atomic E-state index is 12.6. The van der Waals surface area contributed by atoms with Gasteiger partial charge in [0.25, 0.3) is 0 Å². The van der Waals surface area contributed by atoms with E-state index in [9.17, 15) is 18.0 Å². The standard InChI is InChI=1S/C19H20N2O5S2/c1-12-19(23)21-16-11-15(6-7-17(16)27-12)28(24,25)9-8-18(22)20-13-4-3-5-14(10-13)26-2/h3-7,10-12H,8-9H2,1-2H3,(H,20,22)(H,21,23)/t12-/m1/s1. The normalized spacial score (nSPS) is 16.1. The Morgan fingerprint density at radius 2 is 2.04 bits per heavy atom. The Morgan fingerprint density at radius 1 is 1.25 bits per heavy atom. The van der Waals surface area contributed by atoms with Gasteiger partial charge in [0.05, 0.1) is 28.7 Å². The van der Waals surface area contributed by atoms with Crippen LogP contribution in [0.25, 0.3) is 0 Å². The molecule has 0 unspecified atom stereocenters. The highest BCUT2D eigenvalue weighted by Gasteiger charge is 2.25. The minimum atomic E-state index is -3.67. The monoisotopic (exact) mass is 420 g/mol. The summed E-state index contributed by atoms with van der Waals surface area (Å²) in [5, 5.41) is 5.15. The SMILES string of the molecule is COc1cccc(NC(=O)CCS(=O)(=O)c2ccc3c(c2)NC(=O)[C@@H](C)S3)c1. The number of thioether (sulfide) groups is 1. The van der Waals surface area contributed by atoms with Crippen LogP contribution in [0, 0.1) is 0 Å². The van der Waals surface area contributed by atoms with Crippen LogP contribution >= 0.6 is 11.8 Å². The molecule has 2 N–H and O–H groups in total. The number of hydrogen-bond donors (Lipinski definition) is 2. The van der Waals surface area contributed by atoms with Gasteiger partial charge in [0.1, 0.15) is 5.75 Å². The third-order valence-corrected chi connectivity index (χ3v) is 7.08. The number of anilines is 2. The van der Waals surface area contributed by atoms with Crippen molar-refractivity contribution in [1.82, 2.24) is 0 Å². The summed E-state index contributed by atoms with van der Waals surface area (Å²) >= 11 is 1.38. The van der Waals surface area contributed by atoms with E-state index < -0.39 is 15.7 Å². The van der Waals surface area contributed by atoms with Crippen LogP contribution in [-0.4, -0.2) is 38.3 Å². The molecule has 1 aliphatic heterocycles. The van der Waals surface area contributed by atoms with Gasteiger partial charge in [0, 0.05) is 23.1 Å². The van der Waals surface area contributed by atoms with Crippen molar-refractivity contribution in [3.63, 3.8) is 0 Å². The summed E-state index contributed by atoms with van der Waals surface area (Å²) in [6, 6.07) is 11.4. The highest BCUT2D eigenvalue weighted by Crippen LogP contribution is 2.36. The molecule has 2 aromatic rings. The summed E-state index contributed by atoms with van der Waals surface area (Å²) in [6.45, 7) is 1.79. The van der Waals surface area contributed by atoms with Gasteiger partial charge in [-0.2, -0.15) is 0 Å². The number of amides is 2. The summed E-state index contributed by atoms with van der Waals surface area (Å²) in [4.78, 5) is 24.8. The van der Waals surface area contributed by atoms with Gasteiger partial charge in [-0.1, -0.05) is 6.07 Å². The molecule has 0 bridgehead atoms. The lowest BCUT2D eigenvalue weighted by Crippen LogP contribution is -2.26. The first kappa shape index (κ1) is 20.2. The minimum absolute atomic E-state index is 0.0795. The fourth-order valence-corrected chi connectivity index (χ4v) is 4.84. The van der Waals surface area contributed by atoms with Crippen molar-refractivity contribution in [3.05, 3.63) is 42.5 Å². The fraction of sp³-hybridized carbons (Fsp3) is 0.263. The average molecular weight is 421 g/mol. The Balaban J connectivity index is 1.66. The van der Waals surface area contributed by atoms with E-state index >= 15 is 0 Å². The Bertz CT molecular complexity index is 1020. The van der Waals surface area contributed by atoms with Crippen LogP contribution in [-0.2, 0) is 19.4 Å². The summed E-state index contributed by atoms with van der Waals surface area (Å²) in [5.74, 6) is -0.315. The van der Waals surface area contributed by atoms with Crippen molar-refractivity contribution in [1.29, 1.82) is 0 Å². The van der Waals surface area contributed by atoms with Crippen molar-refractivity contribution < 1.29 is 22.7 Å². The molecule has 7 nitrogen and oxygen atoms in total. The molecule has 148 valence electrons. The number of carbonyl (C=O) groups excluding carboxylic acids is 2. The summed E-state index contributed by atoms with van der Waals surface area (Å²) in [6.07, 6.45) is -0.186. The van der Waals surface area contributed by atoms with E-state index in [1.165, 1.54) is 31.0 Å². The van der Waals surface area contributed by atoms with Gasteiger partial charge in [-0.05, 0) is 37.3 Å². The molecule has 1 heterocycles. The van der Waals surface area contributed by atoms with Crippen molar-refractivity contribution in [3.8, 4) is 5.75 Å². The van der Waals surface area contributed by atoms with Crippen LogP contribution in [0.2, 0.25) is 0 Å². The second kappa shape index (κ2) is 8.24. The lowest BCUT2D eigenvalue weighted by atomic mass is 10.3. The van der Waals surface area contributed by atoms with Gasteiger partial charge in [0.2, 0.25) is 11.8 Å². The lowest BCUT2D eigenvalue weighted by Gasteiger charge is -2.21. The molecule has 1 atom stereocenters. The Morgan fingerprint density at radius 3 is 2.79 bits per heavy atom. The van der Waals surface area contributed by atoms with Gasteiger partial charge in [-0.3, -0.25) is 9.59 Å². The quantitative estimate of drug-likeness (QED) is 0.745. The first-order chi connectivity index (χ1) is 13.3. The maximum Gasteiger partial charge on any atom is 0.237 e. The van der Waals surface area contributed by atoms with Crippen LogP contribution in [0.15, 0.2) is 52.3 Å². The van der Waals surface area contributed by atoms with Crippen molar-refractivity contribution in [2.45, 2.75) is 28.4 Å². The number of rotatable bonds is 6. The molecule has 0 fully saturated rings. The number of hydrogen-bond acceptors (Lipinski definition) is 6. The van der Waals surface area contributed by atoms with Gasteiger partial charge in [0.15, 0.2) is 9.84 Å². The van der Waals surface area contributed by atoms with E-state index in [0.717, 1.165) is 4.90 Å². The van der Waals surface area contributed by atoms with Gasteiger partial charge in [-0.25, -0.2) is 8.42 Å². The molecule has 0 aromatic heterocycles. The number of benzene rings is 2. The van der Waals surface area contributed by atoms with Crippen LogP contribution in [0.3, 0.4) is 0 Å². The lowest BCUT2D eigenvalue weighted by molar-refractivity contribution is -0.116. The first-order valence-electron chi connectivity index (χ1n) is 8.57. The third-order valence-electron chi connectivity index (χ3n) is 4.19. The van der Waals surface area contributed by atoms with Crippen molar-refractivity contribution in [2.75, 3.05) is 23.5 Å². The second-order valence-electron chi connectivity index (χ2n) is 6.26. The molecular weight excluding hydrogens is 400 g/mol. The van der Waals surface area contributed by atoms with Gasteiger partial charge in [-0.15, -0.1) is 11.8 Å². The van der Waals surface area contributed by atoms with E-state index in [4.69, 9.17) is 4.74 Å².